The maximum Gasteiger partial charge on any atom is 0.238 e. The molecule has 0 atom stereocenters. The van der Waals surface area contributed by atoms with Crippen LogP contribution < -0.4 is 25.6 Å². The second-order valence-electron chi connectivity index (χ2n) is 16.4. The molecule has 0 N–H and O–H groups in total. The van der Waals surface area contributed by atoms with Gasteiger partial charge in [-0.3, -0.25) is 4.90 Å². The first-order valence-corrected chi connectivity index (χ1v) is 23.5. The molecule has 1 spiro atoms. The van der Waals surface area contributed by atoms with Gasteiger partial charge in [-0.2, -0.15) is 9.97 Å². The number of para-hydroxylation sites is 4. The van der Waals surface area contributed by atoms with Gasteiger partial charge in [-0.05, 0) is 85.5 Å². The predicted octanol–water partition coefficient (Wildman–Crippen LogP) is 11.1. The highest BCUT2D eigenvalue weighted by molar-refractivity contribution is 7.23. The van der Waals surface area contributed by atoms with Crippen molar-refractivity contribution >= 4 is 67.9 Å². The fourth-order valence-electron chi connectivity index (χ4n) is 10.4. The van der Waals surface area contributed by atoms with Crippen LogP contribution in [0.4, 0.5) is 17.3 Å². The van der Waals surface area contributed by atoms with Crippen LogP contribution in [-0.2, 0) is 0 Å². The molecule has 63 heavy (non-hydrogen) atoms. The van der Waals surface area contributed by atoms with Crippen LogP contribution in [0.1, 0.15) is 0 Å². The zero-order valence-electron chi connectivity index (χ0n) is 34.1. The van der Waals surface area contributed by atoms with Crippen molar-refractivity contribution < 1.29 is 0 Å². The summed E-state index contributed by atoms with van der Waals surface area (Å²) in [5, 5.41) is 7.93. The first kappa shape index (κ1) is 35.6. The van der Waals surface area contributed by atoms with Crippen LogP contribution in [0.2, 0.25) is 0 Å². The number of aromatic nitrogens is 4. The van der Waals surface area contributed by atoms with Gasteiger partial charge in [-0.25, -0.2) is 4.98 Å². The Bertz CT molecular complexity index is 3480. The summed E-state index contributed by atoms with van der Waals surface area (Å²) in [5.74, 6) is 1.86. The molecule has 294 valence electrons. The van der Waals surface area contributed by atoms with Gasteiger partial charge in [0.15, 0.2) is 19.7 Å². The molecule has 0 fully saturated rings. The van der Waals surface area contributed by atoms with E-state index < -0.39 is 8.07 Å². The van der Waals surface area contributed by atoms with Gasteiger partial charge in [0.25, 0.3) is 0 Å². The van der Waals surface area contributed by atoms with Crippen molar-refractivity contribution in [3.8, 4) is 50.7 Å². The molecule has 2 aliphatic rings. The van der Waals surface area contributed by atoms with Crippen LogP contribution >= 0.6 is 0 Å². The average Bonchev–Trinajstić information content (AvgIpc) is 3.85. The summed E-state index contributed by atoms with van der Waals surface area (Å²) in [6.07, 6.45) is 0. The van der Waals surface area contributed by atoms with E-state index in [1.54, 1.807) is 0 Å². The Hall–Kier alpha value is -8.19. The predicted molar refractivity (Wildman–Crippen MR) is 261 cm³/mol. The van der Waals surface area contributed by atoms with Crippen LogP contribution in [0, 0.1) is 0 Å². The summed E-state index contributed by atoms with van der Waals surface area (Å²) in [5.41, 5.74) is 12.7. The van der Waals surface area contributed by atoms with Crippen molar-refractivity contribution in [3.05, 3.63) is 224 Å². The Morgan fingerprint density at radius 3 is 1.52 bits per heavy atom. The van der Waals surface area contributed by atoms with Gasteiger partial charge in [0, 0.05) is 39.0 Å². The quantitative estimate of drug-likeness (QED) is 0.162. The van der Waals surface area contributed by atoms with Gasteiger partial charge >= 0.3 is 0 Å². The van der Waals surface area contributed by atoms with E-state index in [1.807, 2.05) is 36.4 Å². The molecule has 9 aromatic carbocycles. The molecule has 6 heteroatoms. The highest BCUT2D eigenvalue weighted by Gasteiger charge is 2.54. The summed E-state index contributed by atoms with van der Waals surface area (Å²) < 4.78 is 2.38. The molecule has 2 aromatic heterocycles. The third-order valence-corrected chi connectivity index (χ3v) is 18.0. The molecule has 4 heterocycles. The minimum absolute atomic E-state index is 0.592. The lowest BCUT2D eigenvalue weighted by molar-refractivity contribution is 1.02. The third-order valence-electron chi connectivity index (χ3n) is 13.1. The first-order chi connectivity index (χ1) is 31.3. The van der Waals surface area contributed by atoms with E-state index in [-0.39, 0.29) is 0 Å². The molecule has 11 aromatic rings. The van der Waals surface area contributed by atoms with Gasteiger partial charge in [-0.15, -0.1) is 0 Å². The van der Waals surface area contributed by atoms with E-state index in [0.29, 0.717) is 17.6 Å². The number of hydrogen-bond donors (Lipinski definition) is 0. The topological polar surface area (TPSA) is 46.8 Å². The van der Waals surface area contributed by atoms with Crippen molar-refractivity contribution in [1.82, 2.24) is 19.5 Å². The normalized spacial score (nSPS) is 13.2. The Balaban J connectivity index is 1.04. The molecule has 0 unspecified atom stereocenters. The second kappa shape index (κ2) is 13.9. The van der Waals surface area contributed by atoms with Crippen molar-refractivity contribution in [1.29, 1.82) is 0 Å². The summed E-state index contributed by atoms with van der Waals surface area (Å²) >= 11 is 0. The number of rotatable bonds is 5. The number of anilines is 3. The molecule has 0 amide bonds. The monoisotopic (exact) mass is 819 g/mol. The van der Waals surface area contributed by atoms with Crippen molar-refractivity contribution in [2.75, 3.05) is 4.90 Å². The van der Waals surface area contributed by atoms with Crippen molar-refractivity contribution in [2.24, 2.45) is 0 Å². The van der Waals surface area contributed by atoms with E-state index in [2.05, 4.69) is 198 Å². The summed E-state index contributed by atoms with van der Waals surface area (Å²) in [4.78, 5) is 17.9. The van der Waals surface area contributed by atoms with E-state index in [9.17, 15) is 0 Å². The fourth-order valence-corrected chi connectivity index (χ4v) is 16.0. The van der Waals surface area contributed by atoms with Gasteiger partial charge in [0.2, 0.25) is 5.95 Å². The van der Waals surface area contributed by atoms with E-state index in [4.69, 9.17) is 15.0 Å². The van der Waals surface area contributed by atoms with Gasteiger partial charge in [-0.1, -0.05) is 182 Å². The van der Waals surface area contributed by atoms with Crippen LogP contribution in [0.5, 0.6) is 0 Å². The first-order valence-electron chi connectivity index (χ1n) is 21.5. The Morgan fingerprint density at radius 1 is 0.333 bits per heavy atom. The van der Waals surface area contributed by atoms with E-state index in [0.717, 1.165) is 28.2 Å². The number of hydrogen-bond acceptors (Lipinski definition) is 4. The van der Waals surface area contributed by atoms with Crippen LogP contribution in [0.15, 0.2) is 224 Å². The Morgan fingerprint density at radius 2 is 0.841 bits per heavy atom. The maximum absolute atomic E-state index is 5.29. The summed E-state index contributed by atoms with van der Waals surface area (Å²) in [6.45, 7) is 0. The van der Waals surface area contributed by atoms with Gasteiger partial charge < -0.3 is 4.57 Å². The molecule has 2 aliphatic heterocycles. The maximum atomic E-state index is 5.29. The van der Waals surface area contributed by atoms with Crippen molar-refractivity contribution in [3.63, 3.8) is 0 Å². The summed E-state index contributed by atoms with van der Waals surface area (Å²) in [7, 11) is -2.95. The molecular weight excluding hydrogens is 783 g/mol. The average molecular weight is 820 g/mol. The Labute approximate surface area is 365 Å². The highest BCUT2D eigenvalue weighted by atomic mass is 28.3. The standard InChI is InChI=1S/C57H37N5Si/c1-4-18-38(19-5-1)55-58-56(39-20-6-2-7-21-39)60-57(59-55)62-49-27-13-16-30-52(49)63(53-31-17-14-28-50(53)62)51-29-15-11-25-44(51)45-34-32-41(37-54(45)63)40-33-35-48-46(36-40)43-24-10-12-26-47(43)61(48)42-22-8-3-9-23-42/h1-37H. The minimum atomic E-state index is -2.95. The molecule has 13 rings (SSSR count). The fraction of sp³-hybridized carbons (Fsp3) is 0. The number of benzene rings is 9. The van der Waals surface area contributed by atoms with Crippen LogP contribution in [-0.4, -0.2) is 27.6 Å². The lowest BCUT2D eigenvalue weighted by atomic mass is 9.99. The van der Waals surface area contributed by atoms with Gasteiger partial charge in [0.05, 0.1) is 11.0 Å². The van der Waals surface area contributed by atoms with Crippen molar-refractivity contribution in [2.45, 2.75) is 0 Å². The molecule has 0 saturated heterocycles. The van der Waals surface area contributed by atoms with E-state index in [1.165, 1.54) is 64.8 Å². The second-order valence-corrected chi connectivity index (χ2v) is 20.0. The summed E-state index contributed by atoms with van der Waals surface area (Å²) in [6, 6.07) is 81.2. The molecule has 5 nitrogen and oxygen atoms in total. The lowest BCUT2D eigenvalue weighted by Crippen LogP contribution is -2.75. The highest BCUT2D eigenvalue weighted by Crippen LogP contribution is 2.42. The Kier molecular flexibility index (Phi) is 7.86. The molecule has 0 saturated carbocycles. The number of nitrogens with zero attached hydrogens (tertiary/aromatic N) is 5. The van der Waals surface area contributed by atoms with Gasteiger partial charge in [0.1, 0.15) is 0 Å². The third kappa shape index (κ3) is 5.25. The SMILES string of the molecule is c1ccc(-c2nc(-c3ccccc3)nc(N3c4ccccc4[Si]4(c5ccccc5-c5ccc(-c6ccc7c(c6)c6ccccc6n7-c6ccccc6)cc54)c4ccccc43)n2)cc1. The smallest absolute Gasteiger partial charge is 0.238 e. The van der Waals surface area contributed by atoms with E-state index >= 15 is 0 Å². The number of fused-ring (bicyclic) bond motifs is 12. The van der Waals surface area contributed by atoms with Crippen LogP contribution in [0.3, 0.4) is 0 Å². The largest absolute Gasteiger partial charge is 0.309 e. The zero-order chi connectivity index (χ0) is 41.5. The zero-order valence-corrected chi connectivity index (χ0v) is 35.1. The molecular formula is C57H37N5Si. The lowest BCUT2D eigenvalue weighted by Gasteiger charge is -2.42. The minimum Gasteiger partial charge on any atom is -0.309 e. The molecule has 0 bridgehead atoms. The molecule has 0 radical (unpaired) electrons. The van der Waals surface area contributed by atoms with Crippen LogP contribution in [0.25, 0.3) is 72.5 Å². The molecule has 0 aliphatic carbocycles.